The summed E-state index contributed by atoms with van der Waals surface area (Å²) in [5.74, 6) is -0.574. The lowest BCUT2D eigenvalue weighted by Crippen LogP contribution is -2.59. The Bertz CT molecular complexity index is 1290. The molecule has 2 aromatic carbocycles. The lowest BCUT2D eigenvalue weighted by molar-refractivity contribution is -0.169. The van der Waals surface area contributed by atoms with Crippen LogP contribution in [0, 0.1) is 0 Å². The van der Waals surface area contributed by atoms with E-state index in [1.54, 1.807) is 11.8 Å². The van der Waals surface area contributed by atoms with Crippen LogP contribution < -0.4 is 4.90 Å². The maximum absolute atomic E-state index is 13.9. The molecule has 1 amide bonds. The van der Waals surface area contributed by atoms with E-state index in [-0.39, 0.29) is 18.6 Å². The van der Waals surface area contributed by atoms with E-state index in [1.807, 2.05) is 54.6 Å². The number of nitrogens with zero attached hydrogens (tertiary/aromatic N) is 3. The first-order valence-corrected chi connectivity index (χ1v) is 12.5. The number of hydrogen-bond acceptors (Lipinski definition) is 6. The minimum Gasteiger partial charge on any atom is -0.461 e. The molecule has 3 aliphatic heterocycles. The third-order valence-electron chi connectivity index (χ3n) is 7.52. The van der Waals surface area contributed by atoms with Crippen LogP contribution in [-0.4, -0.2) is 60.7 Å². The Morgan fingerprint density at radius 1 is 0.972 bits per heavy atom. The van der Waals surface area contributed by atoms with E-state index < -0.39 is 11.5 Å². The van der Waals surface area contributed by atoms with Gasteiger partial charge in [0.25, 0.3) is 5.91 Å². The van der Waals surface area contributed by atoms with Gasteiger partial charge >= 0.3 is 5.97 Å². The second kappa shape index (κ2) is 9.06. The fourth-order valence-electron chi connectivity index (χ4n) is 5.67. The van der Waals surface area contributed by atoms with Gasteiger partial charge in [0.2, 0.25) is 0 Å². The Hall–Kier alpha value is -3.71. The molecule has 4 heterocycles. The van der Waals surface area contributed by atoms with Gasteiger partial charge in [-0.2, -0.15) is 0 Å². The van der Waals surface area contributed by atoms with Crippen LogP contribution in [0.15, 0.2) is 66.7 Å². The number of carbonyl (C=O) groups excluding carboxylic acids is 2. The van der Waals surface area contributed by atoms with Gasteiger partial charge < -0.3 is 19.3 Å². The Kier molecular flexibility index (Phi) is 5.72. The molecule has 2 unspecified atom stereocenters. The summed E-state index contributed by atoms with van der Waals surface area (Å²) < 4.78 is 11.3. The van der Waals surface area contributed by atoms with Crippen molar-refractivity contribution in [3.05, 3.63) is 94.8 Å². The minimum atomic E-state index is -1.25. The third kappa shape index (κ3) is 3.75. The number of morpholine rings is 2. The SMILES string of the molecule is CC12C(=O)OCC(Cc3ccccc3)N1C(=O)c1cc(N3CCOCC3)c(Cc3ccccc3)nc12. The molecule has 3 aromatic rings. The number of rotatable bonds is 5. The van der Waals surface area contributed by atoms with Gasteiger partial charge in [-0.15, -0.1) is 0 Å². The van der Waals surface area contributed by atoms with Gasteiger partial charge in [0, 0.05) is 19.5 Å². The molecular formula is C29H29N3O4. The van der Waals surface area contributed by atoms with E-state index in [0.717, 1.165) is 35.6 Å². The van der Waals surface area contributed by atoms with Gasteiger partial charge in [-0.25, -0.2) is 4.79 Å². The highest BCUT2D eigenvalue weighted by molar-refractivity contribution is 6.06. The van der Waals surface area contributed by atoms with Crippen LogP contribution in [0.1, 0.15) is 39.8 Å². The van der Waals surface area contributed by atoms with Crippen LogP contribution in [0.3, 0.4) is 0 Å². The lowest BCUT2D eigenvalue weighted by atomic mass is 9.91. The quantitative estimate of drug-likeness (QED) is 0.519. The zero-order chi connectivity index (χ0) is 24.7. The molecule has 2 saturated heterocycles. The van der Waals surface area contributed by atoms with Crippen molar-refractivity contribution in [2.45, 2.75) is 31.3 Å². The summed E-state index contributed by atoms with van der Waals surface area (Å²) in [6, 6.07) is 21.8. The highest BCUT2D eigenvalue weighted by atomic mass is 16.5. The second-order valence-electron chi connectivity index (χ2n) is 9.80. The van der Waals surface area contributed by atoms with Gasteiger partial charge in [0.1, 0.15) is 6.61 Å². The summed E-state index contributed by atoms with van der Waals surface area (Å²) >= 11 is 0. The average Bonchev–Trinajstić information content (AvgIpc) is 3.14. The molecule has 0 saturated carbocycles. The van der Waals surface area contributed by atoms with Crippen LogP contribution >= 0.6 is 0 Å². The zero-order valence-electron chi connectivity index (χ0n) is 20.4. The number of anilines is 1. The first kappa shape index (κ1) is 22.7. The van der Waals surface area contributed by atoms with Crippen molar-refractivity contribution in [3.8, 4) is 0 Å². The Morgan fingerprint density at radius 3 is 2.33 bits per heavy atom. The molecule has 0 spiro atoms. The fourth-order valence-corrected chi connectivity index (χ4v) is 5.67. The van der Waals surface area contributed by atoms with Gasteiger partial charge in [0.05, 0.1) is 41.9 Å². The maximum atomic E-state index is 13.9. The number of hydrogen-bond donors (Lipinski definition) is 0. The Labute approximate surface area is 210 Å². The summed E-state index contributed by atoms with van der Waals surface area (Å²) in [5, 5.41) is 0. The molecule has 2 atom stereocenters. The van der Waals surface area contributed by atoms with Crippen molar-refractivity contribution in [1.29, 1.82) is 0 Å². The number of esters is 1. The molecule has 184 valence electrons. The first-order valence-electron chi connectivity index (χ1n) is 12.5. The maximum Gasteiger partial charge on any atom is 0.338 e. The molecule has 0 radical (unpaired) electrons. The van der Waals surface area contributed by atoms with Gasteiger partial charge in [-0.05, 0) is 30.5 Å². The topological polar surface area (TPSA) is 72.0 Å². The molecular weight excluding hydrogens is 454 g/mol. The summed E-state index contributed by atoms with van der Waals surface area (Å²) in [4.78, 5) is 36.2. The molecule has 36 heavy (non-hydrogen) atoms. The molecule has 1 aromatic heterocycles. The molecule has 0 aliphatic carbocycles. The standard InChI is InChI=1S/C29H29N3O4/c1-29-26-23(27(33)32(29)22(19-36-28(29)34)16-20-8-4-2-5-9-20)18-25(31-12-14-35-15-13-31)24(30-26)17-21-10-6-3-7-11-21/h2-11,18,22H,12-17,19H2,1H3. The normalized spacial score (nSPS) is 23.3. The zero-order valence-corrected chi connectivity index (χ0v) is 20.4. The molecule has 2 fully saturated rings. The number of fused-ring (bicyclic) bond motifs is 3. The molecule has 7 nitrogen and oxygen atoms in total. The number of aromatic nitrogens is 1. The minimum absolute atomic E-state index is 0.154. The monoisotopic (exact) mass is 483 g/mol. The van der Waals surface area contributed by atoms with Crippen molar-refractivity contribution in [2.24, 2.45) is 0 Å². The largest absolute Gasteiger partial charge is 0.461 e. The van der Waals surface area contributed by atoms with Crippen LogP contribution in [0.25, 0.3) is 0 Å². The summed E-state index contributed by atoms with van der Waals surface area (Å²) in [7, 11) is 0. The molecule has 0 N–H and O–H groups in total. The van der Waals surface area contributed by atoms with Crippen LogP contribution in [0.2, 0.25) is 0 Å². The van der Waals surface area contributed by atoms with Crippen LogP contribution in [0.4, 0.5) is 5.69 Å². The predicted molar refractivity (Wildman–Crippen MR) is 135 cm³/mol. The van der Waals surface area contributed by atoms with Gasteiger partial charge in [-0.3, -0.25) is 9.78 Å². The first-order chi connectivity index (χ1) is 17.6. The van der Waals surface area contributed by atoms with Gasteiger partial charge in [0.15, 0.2) is 5.54 Å². The highest BCUT2D eigenvalue weighted by Crippen LogP contribution is 2.45. The Morgan fingerprint density at radius 2 is 1.64 bits per heavy atom. The number of carbonyl (C=O) groups is 2. The summed E-state index contributed by atoms with van der Waals surface area (Å²) in [6.07, 6.45) is 1.21. The number of pyridine rings is 1. The van der Waals surface area contributed by atoms with Crippen molar-refractivity contribution in [3.63, 3.8) is 0 Å². The van der Waals surface area contributed by atoms with Crippen molar-refractivity contribution < 1.29 is 19.1 Å². The smallest absolute Gasteiger partial charge is 0.338 e. The summed E-state index contributed by atoms with van der Waals surface area (Å²) in [5.41, 5.74) is 3.75. The lowest BCUT2D eigenvalue weighted by Gasteiger charge is -2.43. The molecule has 7 heteroatoms. The van der Waals surface area contributed by atoms with E-state index >= 15 is 0 Å². The van der Waals surface area contributed by atoms with E-state index in [2.05, 4.69) is 17.0 Å². The second-order valence-corrected chi connectivity index (χ2v) is 9.80. The van der Waals surface area contributed by atoms with Crippen LogP contribution in [0.5, 0.6) is 0 Å². The summed E-state index contributed by atoms with van der Waals surface area (Å²) in [6.45, 7) is 4.68. The molecule has 6 rings (SSSR count). The van der Waals surface area contributed by atoms with Crippen LogP contribution in [-0.2, 0) is 32.6 Å². The molecule has 0 bridgehead atoms. The predicted octanol–water partition coefficient (Wildman–Crippen LogP) is 3.35. The fraction of sp³-hybridized carbons (Fsp3) is 0.345. The highest BCUT2D eigenvalue weighted by Gasteiger charge is 2.59. The third-order valence-corrected chi connectivity index (χ3v) is 7.52. The van der Waals surface area contributed by atoms with Gasteiger partial charge in [-0.1, -0.05) is 60.7 Å². The van der Waals surface area contributed by atoms with Crippen molar-refractivity contribution in [1.82, 2.24) is 9.88 Å². The van der Waals surface area contributed by atoms with E-state index in [0.29, 0.717) is 37.3 Å². The number of ether oxygens (including phenoxy) is 2. The Balaban J connectivity index is 1.44. The van der Waals surface area contributed by atoms with E-state index in [4.69, 9.17) is 14.5 Å². The number of cyclic esters (lactones) is 1. The number of amides is 1. The average molecular weight is 484 g/mol. The van der Waals surface area contributed by atoms with E-state index in [9.17, 15) is 9.59 Å². The van der Waals surface area contributed by atoms with E-state index in [1.165, 1.54) is 0 Å². The number of benzene rings is 2. The molecule has 3 aliphatic rings. The van der Waals surface area contributed by atoms with Crippen molar-refractivity contribution in [2.75, 3.05) is 37.8 Å². The van der Waals surface area contributed by atoms with Crippen molar-refractivity contribution >= 4 is 17.6 Å².